The van der Waals surface area contributed by atoms with E-state index >= 15 is 0 Å². The van der Waals surface area contributed by atoms with Gasteiger partial charge >= 0.3 is 0 Å². The number of benzene rings is 2. The minimum absolute atomic E-state index is 0.00945. The van der Waals surface area contributed by atoms with Gasteiger partial charge in [-0.3, -0.25) is 9.69 Å². The number of aryl methyl sites for hydroxylation is 1. The Labute approximate surface area is 215 Å². The molecule has 1 aliphatic carbocycles. The molecule has 0 atom stereocenters. The van der Waals surface area contributed by atoms with Crippen molar-refractivity contribution in [1.82, 2.24) is 14.7 Å². The highest BCUT2D eigenvalue weighted by Gasteiger charge is 2.38. The summed E-state index contributed by atoms with van der Waals surface area (Å²) >= 11 is 7.00. The van der Waals surface area contributed by atoms with Gasteiger partial charge in [-0.2, -0.15) is 5.10 Å². The predicted molar refractivity (Wildman–Crippen MR) is 147 cm³/mol. The first kappa shape index (κ1) is 23.6. The molecule has 35 heavy (non-hydrogen) atoms. The van der Waals surface area contributed by atoms with E-state index in [1.807, 2.05) is 77.3 Å². The average Bonchev–Trinajstić information content (AvgIpc) is 3.59. The smallest absolute Gasteiger partial charge is 0.266 e. The number of hydrogen-bond donors (Lipinski definition) is 0. The number of thioether (sulfide) groups is 1. The highest BCUT2D eigenvalue weighted by atomic mass is 32.2. The molecule has 3 aromatic rings. The Bertz CT molecular complexity index is 1310. The van der Waals surface area contributed by atoms with Crippen molar-refractivity contribution in [3.63, 3.8) is 0 Å². The van der Waals surface area contributed by atoms with Gasteiger partial charge in [-0.15, -0.1) is 0 Å². The molecule has 2 aliphatic rings. The van der Waals surface area contributed by atoms with Crippen molar-refractivity contribution in [1.29, 1.82) is 0 Å². The molecule has 0 spiro atoms. The lowest BCUT2D eigenvalue weighted by molar-refractivity contribution is -0.123. The van der Waals surface area contributed by atoms with E-state index in [-0.39, 0.29) is 11.9 Å². The van der Waals surface area contributed by atoms with E-state index in [0.717, 1.165) is 59.5 Å². The van der Waals surface area contributed by atoms with Crippen LogP contribution in [0, 0.1) is 6.92 Å². The number of aromatic nitrogens is 2. The quantitative estimate of drug-likeness (QED) is 0.209. The Hall–Kier alpha value is -3.16. The minimum Gasteiger partial charge on any atom is -0.490 e. The second kappa shape index (κ2) is 10.2. The van der Waals surface area contributed by atoms with Crippen molar-refractivity contribution in [3.05, 3.63) is 83.4 Å². The Balaban J connectivity index is 1.55. The number of para-hydroxylation sites is 1. The van der Waals surface area contributed by atoms with E-state index in [2.05, 4.69) is 6.58 Å². The second-order valence-corrected chi connectivity index (χ2v) is 10.5. The molecule has 0 bridgehead atoms. The third-order valence-corrected chi connectivity index (χ3v) is 7.71. The Morgan fingerprint density at radius 1 is 1.20 bits per heavy atom. The van der Waals surface area contributed by atoms with Crippen LogP contribution < -0.4 is 4.74 Å². The summed E-state index contributed by atoms with van der Waals surface area (Å²) in [4.78, 5) is 15.8. The van der Waals surface area contributed by atoms with E-state index in [1.165, 1.54) is 11.8 Å². The first-order valence-corrected chi connectivity index (χ1v) is 13.0. The SMILES string of the molecule is C=CCOc1ccc(-c2nn(-c3ccccc3)cc2C=C2SC(=S)N(C3CCCC3)C2=O)c(C)c1. The zero-order valence-electron chi connectivity index (χ0n) is 19.6. The summed E-state index contributed by atoms with van der Waals surface area (Å²) in [5.74, 6) is 0.794. The van der Waals surface area contributed by atoms with Crippen molar-refractivity contribution < 1.29 is 9.53 Å². The summed E-state index contributed by atoms with van der Waals surface area (Å²) in [6.07, 6.45) is 10.0. The molecule has 0 unspecified atom stereocenters. The van der Waals surface area contributed by atoms with Crippen LogP contribution in [0.25, 0.3) is 23.0 Å². The van der Waals surface area contributed by atoms with Gasteiger partial charge in [-0.05, 0) is 61.7 Å². The van der Waals surface area contributed by atoms with Gasteiger partial charge in [-0.25, -0.2) is 4.68 Å². The van der Waals surface area contributed by atoms with Crippen molar-refractivity contribution >= 4 is 40.3 Å². The van der Waals surface area contributed by atoms with Crippen LogP contribution in [0.2, 0.25) is 0 Å². The van der Waals surface area contributed by atoms with E-state index in [4.69, 9.17) is 22.1 Å². The molecule has 2 fully saturated rings. The third kappa shape index (κ3) is 4.83. The molecule has 1 aromatic heterocycles. The Morgan fingerprint density at radius 3 is 2.69 bits per heavy atom. The summed E-state index contributed by atoms with van der Waals surface area (Å²) in [6, 6.07) is 16.2. The maximum absolute atomic E-state index is 13.3. The van der Waals surface area contributed by atoms with Crippen LogP contribution in [0.4, 0.5) is 0 Å². The summed E-state index contributed by atoms with van der Waals surface area (Å²) < 4.78 is 8.22. The molecule has 7 heteroatoms. The number of carbonyl (C=O) groups excluding carboxylic acids is 1. The lowest BCUT2D eigenvalue weighted by Gasteiger charge is -2.21. The van der Waals surface area contributed by atoms with Gasteiger partial charge < -0.3 is 4.74 Å². The molecule has 1 amide bonds. The van der Waals surface area contributed by atoms with E-state index in [1.54, 1.807) is 6.08 Å². The van der Waals surface area contributed by atoms with E-state index < -0.39 is 0 Å². The second-order valence-electron chi connectivity index (χ2n) is 8.78. The van der Waals surface area contributed by atoms with Crippen LogP contribution in [0.3, 0.4) is 0 Å². The van der Waals surface area contributed by atoms with Gasteiger partial charge in [0.25, 0.3) is 5.91 Å². The van der Waals surface area contributed by atoms with Crippen LogP contribution in [0.1, 0.15) is 36.8 Å². The number of ether oxygens (including phenoxy) is 1. The maximum atomic E-state index is 13.3. The number of thiocarbonyl (C=S) groups is 1. The molecule has 5 nitrogen and oxygen atoms in total. The number of amides is 1. The van der Waals surface area contributed by atoms with Crippen molar-refractivity contribution in [2.75, 3.05) is 6.61 Å². The molecular weight excluding hydrogens is 474 g/mol. The highest BCUT2D eigenvalue weighted by molar-refractivity contribution is 8.26. The van der Waals surface area contributed by atoms with Gasteiger partial charge in [0, 0.05) is 23.4 Å². The predicted octanol–water partition coefficient (Wildman–Crippen LogP) is 6.56. The van der Waals surface area contributed by atoms with Gasteiger partial charge in [0.05, 0.1) is 10.6 Å². The fraction of sp³-hybridized carbons (Fsp3) is 0.250. The summed E-state index contributed by atoms with van der Waals surface area (Å²) in [7, 11) is 0. The first-order valence-electron chi connectivity index (χ1n) is 11.8. The van der Waals surface area contributed by atoms with Crippen LogP contribution in [-0.4, -0.2) is 37.6 Å². The van der Waals surface area contributed by atoms with Gasteiger partial charge in [0.1, 0.15) is 22.4 Å². The molecule has 1 saturated carbocycles. The lowest BCUT2D eigenvalue weighted by Crippen LogP contribution is -2.36. The summed E-state index contributed by atoms with van der Waals surface area (Å²) in [5, 5.41) is 4.93. The summed E-state index contributed by atoms with van der Waals surface area (Å²) in [5.41, 5.74) is 4.67. The molecule has 1 saturated heterocycles. The Morgan fingerprint density at radius 2 is 1.97 bits per heavy atom. The largest absolute Gasteiger partial charge is 0.490 e. The van der Waals surface area contributed by atoms with Gasteiger partial charge in [0.15, 0.2) is 0 Å². The zero-order chi connectivity index (χ0) is 24.4. The molecule has 178 valence electrons. The maximum Gasteiger partial charge on any atom is 0.266 e. The molecule has 0 N–H and O–H groups in total. The monoisotopic (exact) mass is 501 g/mol. The third-order valence-electron chi connectivity index (χ3n) is 6.38. The standard InChI is InChI=1S/C28H27N3O2S2/c1-3-15-33-23-13-14-24(19(2)16-23)26-20(18-30(29-26)21-9-5-4-6-10-21)17-25-27(32)31(28(34)35-25)22-11-7-8-12-22/h3-6,9-10,13-14,16-18,22H,1,7-8,11-12,15H2,2H3. The average molecular weight is 502 g/mol. The van der Waals surface area contributed by atoms with Crippen molar-refractivity contribution in [2.45, 2.75) is 38.6 Å². The Kier molecular flexibility index (Phi) is 6.88. The fourth-order valence-corrected chi connectivity index (χ4v) is 6.05. The molecule has 5 rings (SSSR count). The van der Waals surface area contributed by atoms with Crippen LogP contribution >= 0.6 is 24.0 Å². The fourth-order valence-electron chi connectivity index (χ4n) is 4.66. The molecule has 2 aromatic carbocycles. The number of rotatable bonds is 7. The van der Waals surface area contributed by atoms with Gasteiger partial charge in [0.2, 0.25) is 0 Å². The van der Waals surface area contributed by atoms with Crippen LogP contribution in [-0.2, 0) is 4.79 Å². The topological polar surface area (TPSA) is 47.4 Å². The van der Waals surface area contributed by atoms with E-state index in [9.17, 15) is 4.79 Å². The number of carbonyl (C=O) groups is 1. The lowest BCUT2D eigenvalue weighted by atomic mass is 10.0. The zero-order valence-corrected chi connectivity index (χ0v) is 21.3. The number of nitrogens with zero attached hydrogens (tertiary/aromatic N) is 3. The summed E-state index contributed by atoms with van der Waals surface area (Å²) in [6.45, 7) is 6.21. The van der Waals surface area contributed by atoms with Gasteiger partial charge in [-0.1, -0.05) is 67.7 Å². The van der Waals surface area contributed by atoms with Crippen LogP contribution in [0.5, 0.6) is 5.75 Å². The highest BCUT2D eigenvalue weighted by Crippen LogP contribution is 2.39. The molecule has 1 aliphatic heterocycles. The van der Waals surface area contributed by atoms with E-state index in [0.29, 0.717) is 15.8 Å². The van der Waals surface area contributed by atoms with Crippen molar-refractivity contribution in [3.8, 4) is 22.7 Å². The normalized spacial score (nSPS) is 17.5. The molecule has 0 radical (unpaired) electrons. The van der Waals surface area contributed by atoms with Crippen molar-refractivity contribution in [2.24, 2.45) is 0 Å². The molecule has 2 heterocycles. The van der Waals surface area contributed by atoms with Crippen LogP contribution in [0.15, 0.2) is 72.3 Å². The number of hydrogen-bond acceptors (Lipinski definition) is 5. The first-order chi connectivity index (χ1) is 17.0. The minimum atomic E-state index is 0.00945. The molecular formula is C28H27N3O2S2.